The molecule has 222 valence electrons. The van der Waals surface area contributed by atoms with E-state index < -0.39 is 6.68 Å². The van der Waals surface area contributed by atoms with Crippen LogP contribution in [0.5, 0.6) is 0 Å². The Kier molecular flexibility index (Phi) is 10.2. The van der Waals surface area contributed by atoms with Crippen LogP contribution in [0.1, 0.15) is 12.8 Å². The summed E-state index contributed by atoms with van der Waals surface area (Å²) in [5.41, 5.74) is 5.02. The number of benzene rings is 2. The van der Waals surface area contributed by atoms with Gasteiger partial charge in [-0.25, -0.2) is 13.4 Å². The van der Waals surface area contributed by atoms with Crippen molar-refractivity contribution in [3.8, 4) is 28.1 Å². The van der Waals surface area contributed by atoms with Gasteiger partial charge in [0.25, 0.3) is 0 Å². The third-order valence-electron chi connectivity index (χ3n) is 6.94. The first-order valence-electron chi connectivity index (χ1n) is 13.5. The number of hydrogen-bond acceptors (Lipinski definition) is 7. The molecule has 0 spiro atoms. The molecule has 2 aliphatic rings. The molecule has 2 aromatic carbocycles. The molecule has 2 aliphatic heterocycles. The van der Waals surface area contributed by atoms with Crippen LogP contribution in [-0.2, 0) is 0 Å². The Morgan fingerprint density at radius 2 is 1.52 bits per heavy atom. The van der Waals surface area contributed by atoms with Gasteiger partial charge in [0.15, 0.2) is 5.82 Å². The van der Waals surface area contributed by atoms with Crippen LogP contribution in [0.4, 0.5) is 28.9 Å². The molecule has 2 aromatic heterocycles. The van der Waals surface area contributed by atoms with Gasteiger partial charge in [-0.3, -0.25) is 4.98 Å². The first kappa shape index (κ1) is 30.1. The van der Waals surface area contributed by atoms with E-state index in [9.17, 15) is 13.2 Å². The topological polar surface area (TPSA) is 61.2 Å². The van der Waals surface area contributed by atoms with Crippen LogP contribution in [0.15, 0.2) is 67.1 Å². The Balaban J connectivity index is 0.000000830. The number of pyridine rings is 1. The van der Waals surface area contributed by atoms with Gasteiger partial charge < -0.3 is 14.9 Å². The minimum absolute atomic E-state index is 0.356. The quantitative estimate of drug-likeness (QED) is 0.170. The fraction of sp³-hybridized carbons (Fsp3) is 0.310. The summed E-state index contributed by atoms with van der Waals surface area (Å²) >= 11 is 7.93. The zero-order valence-electron chi connectivity index (χ0n) is 22.6. The van der Waals surface area contributed by atoms with Gasteiger partial charge in [0.1, 0.15) is 5.69 Å². The van der Waals surface area contributed by atoms with Crippen LogP contribution in [0.25, 0.3) is 28.1 Å². The van der Waals surface area contributed by atoms with Gasteiger partial charge >= 0.3 is 6.68 Å². The number of anilines is 2. The number of nitrogens with one attached hydrogen (secondary N) is 2. The first-order chi connectivity index (χ1) is 20.4. The van der Waals surface area contributed by atoms with Crippen molar-refractivity contribution >= 4 is 35.1 Å². The minimum Gasteiger partial charge on any atom is -0.369 e. The Labute approximate surface area is 251 Å². The summed E-state index contributed by atoms with van der Waals surface area (Å²) in [5.74, 6) is -0.356. The maximum atomic E-state index is 16.0. The normalized spacial score (nSPS) is 15.5. The van der Waals surface area contributed by atoms with E-state index in [2.05, 4.69) is 48.5 Å². The van der Waals surface area contributed by atoms with Crippen molar-refractivity contribution in [3.05, 3.63) is 78.0 Å². The summed E-state index contributed by atoms with van der Waals surface area (Å²) in [6.45, 7) is 2.24. The molecular weight excluding hydrogens is 590 g/mol. The van der Waals surface area contributed by atoms with Gasteiger partial charge in [0.2, 0.25) is 0 Å². The van der Waals surface area contributed by atoms with Gasteiger partial charge in [-0.2, -0.15) is 18.3 Å². The second-order valence-electron chi connectivity index (χ2n) is 9.72. The highest BCUT2D eigenvalue weighted by atomic mass is 35.5. The van der Waals surface area contributed by atoms with Crippen LogP contribution in [0.2, 0.25) is 5.02 Å². The number of halogens is 5. The summed E-state index contributed by atoms with van der Waals surface area (Å²) < 4.78 is 52.1. The van der Waals surface area contributed by atoms with Gasteiger partial charge in [0, 0.05) is 97.4 Å². The minimum atomic E-state index is -3.67. The molecule has 4 aromatic rings. The average molecular weight is 620 g/mol. The zero-order chi connectivity index (χ0) is 29.5. The molecule has 2 N–H and O–H groups in total. The molecule has 2 saturated heterocycles. The second-order valence-corrected chi connectivity index (χ2v) is 11.1. The molecule has 7 nitrogen and oxygen atoms in total. The number of piperazine rings is 1. The van der Waals surface area contributed by atoms with Crippen LogP contribution >= 0.6 is 23.7 Å². The number of nitrogens with zero attached hydrogens (tertiary/aromatic N) is 5. The van der Waals surface area contributed by atoms with E-state index in [0.717, 1.165) is 63.4 Å². The van der Waals surface area contributed by atoms with E-state index in [4.69, 9.17) is 16.7 Å². The van der Waals surface area contributed by atoms with E-state index in [0.29, 0.717) is 27.5 Å². The van der Waals surface area contributed by atoms with Crippen molar-refractivity contribution in [2.24, 2.45) is 0 Å². The molecule has 42 heavy (non-hydrogen) atoms. The zero-order valence-corrected chi connectivity index (χ0v) is 24.2. The average Bonchev–Trinajstić information content (AvgIpc) is 3.69. The highest BCUT2D eigenvalue weighted by Gasteiger charge is 2.21. The number of rotatable bonds is 7. The Hall–Kier alpha value is -3.32. The fourth-order valence-corrected chi connectivity index (χ4v) is 5.95. The maximum absolute atomic E-state index is 16.0. The monoisotopic (exact) mass is 619 g/mol. The van der Waals surface area contributed by atoms with E-state index in [1.54, 1.807) is 29.2 Å². The molecule has 0 radical (unpaired) electrons. The van der Waals surface area contributed by atoms with Crippen molar-refractivity contribution in [3.63, 3.8) is 0 Å². The van der Waals surface area contributed by atoms with E-state index in [1.807, 2.05) is 18.3 Å². The van der Waals surface area contributed by atoms with Crippen molar-refractivity contribution < 1.29 is 17.6 Å². The molecule has 0 unspecified atom stereocenters. The lowest BCUT2D eigenvalue weighted by Gasteiger charge is -2.29. The molecule has 0 aliphatic carbocycles. The molecule has 13 heteroatoms. The van der Waals surface area contributed by atoms with E-state index >= 15 is 4.39 Å². The van der Waals surface area contributed by atoms with Crippen LogP contribution in [0, 0.1) is 5.82 Å². The van der Waals surface area contributed by atoms with Gasteiger partial charge in [-0.15, -0.1) is 0 Å². The standard InChI is InChI=1S/C28H29ClFN7S.CHF3/c29-21-17-24(27(30)26(18-21)34-38-36-13-1-2-14-36)25-19-37(33-28(25)20-7-9-31-10-8-20)23-5-3-22(4-6-23)35-15-11-32-12-16-35;2-1(3)4/h3-10,17-19,32,34H,1-2,11-16H2;1H. The van der Waals surface area contributed by atoms with Crippen molar-refractivity contribution in [2.75, 3.05) is 48.9 Å². The number of alkyl halides is 3. The molecule has 2 fully saturated rings. The van der Waals surface area contributed by atoms with E-state index in [1.165, 1.54) is 17.8 Å². The van der Waals surface area contributed by atoms with Crippen molar-refractivity contribution in [1.29, 1.82) is 0 Å². The third-order valence-corrected chi connectivity index (χ3v) is 8.09. The lowest BCUT2D eigenvalue weighted by atomic mass is 10.0. The summed E-state index contributed by atoms with van der Waals surface area (Å²) in [6.07, 6.45) is 7.62. The molecule has 0 atom stereocenters. The summed E-state index contributed by atoms with van der Waals surface area (Å²) in [4.78, 5) is 6.51. The predicted octanol–water partition coefficient (Wildman–Crippen LogP) is 7.05. The lowest BCUT2D eigenvalue weighted by Crippen LogP contribution is -2.43. The third kappa shape index (κ3) is 7.54. The smallest absolute Gasteiger partial charge is 0.369 e. The lowest BCUT2D eigenvalue weighted by molar-refractivity contribution is 0.00819. The van der Waals surface area contributed by atoms with Crippen molar-refractivity contribution in [1.82, 2.24) is 24.4 Å². The fourth-order valence-electron chi connectivity index (χ4n) is 4.92. The molecule has 0 saturated carbocycles. The maximum Gasteiger partial charge on any atom is 0.379 e. The van der Waals surface area contributed by atoms with Crippen molar-refractivity contribution in [2.45, 2.75) is 19.5 Å². The highest BCUT2D eigenvalue weighted by Crippen LogP contribution is 2.38. The van der Waals surface area contributed by atoms with Crippen LogP contribution in [0.3, 0.4) is 0 Å². The Morgan fingerprint density at radius 3 is 2.19 bits per heavy atom. The Bertz CT molecular complexity index is 1440. The van der Waals surface area contributed by atoms with Gasteiger partial charge in [0.05, 0.1) is 11.4 Å². The van der Waals surface area contributed by atoms with Gasteiger partial charge in [-0.05, 0) is 61.4 Å². The molecular formula is C29H30ClF4N7S. The first-order valence-corrected chi connectivity index (χ1v) is 14.7. The number of hydrogen-bond donors (Lipinski definition) is 2. The van der Waals surface area contributed by atoms with Crippen LogP contribution in [-0.4, -0.2) is 65.0 Å². The second kappa shape index (κ2) is 14.2. The largest absolute Gasteiger partial charge is 0.379 e. The summed E-state index contributed by atoms with van der Waals surface area (Å²) in [5, 5.41) is 8.75. The van der Waals surface area contributed by atoms with Gasteiger partial charge in [-0.1, -0.05) is 11.6 Å². The molecule has 6 rings (SSSR count). The number of aromatic nitrogens is 3. The highest BCUT2D eigenvalue weighted by molar-refractivity contribution is 7.98. The predicted molar refractivity (Wildman–Crippen MR) is 161 cm³/mol. The SMILES string of the molecule is FC(F)F.Fc1c(NSN2CCCC2)cc(Cl)cc1-c1cn(-c2ccc(N3CCNCC3)cc2)nc1-c1ccncc1. The Morgan fingerprint density at radius 1 is 0.881 bits per heavy atom. The molecule has 0 amide bonds. The molecule has 4 heterocycles. The summed E-state index contributed by atoms with van der Waals surface area (Å²) in [6, 6.07) is 15.4. The molecule has 0 bridgehead atoms. The summed E-state index contributed by atoms with van der Waals surface area (Å²) in [7, 11) is 0. The van der Waals surface area contributed by atoms with Crippen LogP contribution < -0.4 is 14.9 Å². The van der Waals surface area contributed by atoms with E-state index in [-0.39, 0.29) is 5.82 Å².